The van der Waals surface area contributed by atoms with Crippen LogP contribution in [0.3, 0.4) is 0 Å². The Kier molecular flexibility index (Phi) is 4.38. The Morgan fingerprint density at radius 2 is 1.60 bits per heavy atom. The van der Waals surface area contributed by atoms with Crippen LogP contribution >= 0.6 is 11.6 Å². The number of aromatic hydroxyl groups is 1. The molecule has 0 amide bonds. The second-order valence-corrected chi connectivity index (χ2v) is 4.40. The standard InChI is InChI=1S/C15H11ClO4/c16-12-7-3-1-5-10(12)14(18)9-20-15(19)11-6-2-4-8-13(11)17/h1-8,17H,9H2. The van der Waals surface area contributed by atoms with E-state index in [0.29, 0.717) is 10.6 Å². The lowest BCUT2D eigenvalue weighted by Crippen LogP contribution is -2.14. The van der Waals surface area contributed by atoms with Crippen LogP contribution in [0.15, 0.2) is 48.5 Å². The van der Waals surface area contributed by atoms with E-state index in [1.807, 2.05) is 0 Å². The summed E-state index contributed by atoms with van der Waals surface area (Å²) in [6, 6.07) is 12.5. The average Bonchev–Trinajstić information content (AvgIpc) is 2.45. The van der Waals surface area contributed by atoms with Crippen molar-refractivity contribution in [3.63, 3.8) is 0 Å². The third-order valence-electron chi connectivity index (χ3n) is 2.63. The minimum atomic E-state index is -0.761. The summed E-state index contributed by atoms with van der Waals surface area (Å²) in [5.74, 6) is -1.36. The van der Waals surface area contributed by atoms with Gasteiger partial charge in [-0.15, -0.1) is 0 Å². The second-order valence-electron chi connectivity index (χ2n) is 4.00. The predicted octanol–water partition coefficient (Wildman–Crippen LogP) is 3.09. The van der Waals surface area contributed by atoms with Crippen LogP contribution in [0.25, 0.3) is 0 Å². The molecule has 0 bridgehead atoms. The fourth-order valence-corrected chi connectivity index (χ4v) is 1.86. The van der Waals surface area contributed by atoms with Gasteiger partial charge in [0.1, 0.15) is 11.3 Å². The third kappa shape index (κ3) is 3.16. The van der Waals surface area contributed by atoms with Crippen molar-refractivity contribution in [1.82, 2.24) is 0 Å². The molecule has 5 heteroatoms. The number of ether oxygens (including phenoxy) is 1. The summed E-state index contributed by atoms with van der Waals surface area (Å²) in [6.45, 7) is -0.434. The highest BCUT2D eigenvalue weighted by molar-refractivity contribution is 6.34. The van der Waals surface area contributed by atoms with Gasteiger partial charge in [-0.25, -0.2) is 4.79 Å². The van der Waals surface area contributed by atoms with Gasteiger partial charge in [-0.1, -0.05) is 35.9 Å². The van der Waals surface area contributed by atoms with E-state index in [9.17, 15) is 14.7 Å². The van der Waals surface area contributed by atoms with E-state index in [1.54, 1.807) is 36.4 Å². The van der Waals surface area contributed by atoms with E-state index in [2.05, 4.69) is 0 Å². The first-order chi connectivity index (χ1) is 9.59. The van der Waals surface area contributed by atoms with Crippen LogP contribution in [0.2, 0.25) is 5.02 Å². The molecule has 2 rings (SSSR count). The summed E-state index contributed by atoms with van der Waals surface area (Å²) in [5.41, 5.74) is 0.304. The minimum Gasteiger partial charge on any atom is -0.507 e. The molecule has 2 aromatic carbocycles. The number of ketones is 1. The highest BCUT2D eigenvalue weighted by Crippen LogP contribution is 2.18. The van der Waals surface area contributed by atoms with Crippen LogP contribution in [-0.4, -0.2) is 23.5 Å². The van der Waals surface area contributed by atoms with Crippen molar-refractivity contribution >= 4 is 23.4 Å². The van der Waals surface area contributed by atoms with Gasteiger partial charge in [0.2, 0.25) is 5.78 Å². The van der Waals surface area contributed by atoms with Crippen LogP contribution in [-0.2, 0) is 4.74 Å². The maximum Gasteiger partial charge on any atom is 0.342 e. The summed E-state index contributed by atoms with van der Waals surface area (Å²) < 4.78 is 4.87. The summed E-state index contributed by atoms with van der Waals surface area (Å²) in [6.07, 6.45) is 0. The van der Waals surface area contributed by atoms with E-state index in [1.165, 1.54) is 12.1 Å². The van der Waals surface area contributed by atoms with Gasteiger partial charge in [0.05, 0.1) is 5.02 Å². The van der Waals surface area contributed by atoms with Gasteiger partial charge in [-0.05, 0) is 24.3 Å². The Hall–Kier alpha value is -2.33. The van der Waals surface area contributed by atoms with Gasteiger partial charge in [-0.3, -0.25) is 4.79 Å². The third-order valence-corrected chi connectivity index (χ3v) is 2.96. The topological polar surface area (TPSA) is 63.6 Å². The molecule has 0 aromatic heterocycles. The molecular formula is C15H11ClO4. The lowest BCUT2D eigenvalue weighted by molar-refractivity contribution is 0.0472. The number of phenols is 1. The number of hydrogen-bond donors (Lipinski definition) is 1. The number of halogens is 1. The molecule has 0 heterocycles. The van der Waals surface area contributed by atoms with Gasteiger partial charge in [0, 0.05) is 5.56 Å². The molecule has 0 atom stereocenters. The van der Waals surface area contributed by atoms with Crippen molar-refractivity contribution in [1.29, 1.82) is 0 Å². The van der Waals surface area contributed by atoms with E-state index in [0.717, 1.165) is 0 Å². The van der Waals surface area contributed by atoms with Gasteiger partial charge in [0.25, 0.3) is 0 Å². The van der Waals surface area contributed by atoms with Crippen molar-refractivity contribution in [2.24, 2.45) is 0 Å². The number of carbonyl (C=O) groups excluding carboxylic acids is 2. The van der Waals surface area contributed by atoms with E-state index < -0.39 is 18.4 Å². The monoisotopic (exact) mass is 290 g/mol. The van der Waals surface area contributed by atoms with Crippen molar-refractivity contribution in [3.05, 3.63) is 64.7 Å². The number of rotatable bonds is 4. The van der Waals surface area contributed by atoms with Crippen LogP contribution < -0.4 is 0 Å². The summed E-state index contributed by atoms with van der Waals surface area (Å²) in [4.78, 5) is 23.6. The number of hydrogen-bond acceptors (Lipinski definition) is 4. The smallest absolute Gasteiger partial charge is 0.342 e. The maximum absolute atomic E-state index is 11.9. The molecule has 0 aliphatic rings. The Balaban J connectivity index is 2.03. The van der Waals surface area contributed by atoms with E-state index in [-0.39, 0.29) is 11.3 Å². The van der Waals surface area contributed by atoms with Crippen LogP contribution in [0.4, 0.5) is 0 Å². The molecule has 4 nitrogen and oxygen atoms in total. The molecule has 2 aromatic rings. The zero-order valence-electron chi connectivity index (χ0n) is 10.4. The second kappa shape index (κ2) is 6.21. The number of benzene rings is 2. The Morgan fingerprint density at radius 1 is 1.00 bits per heavy atom. The molecule has 0 saturated carbocycles. The largest absolute Gasteiger partial charge is 0.507 e. The number of para-hydroxylation sites is 1. The number of phenolic OH excluding ortho intramolecular Hbond substituents is 1. The Labute approximate surface area is 120 Å². The zero-order valence-corrected chi connectivity index (χ0v) is 11.1. The molecule has 20 heavy (non-hydrogen) atoms. The molecule has 0 fully saturated rings. The van der Waals surface area contributed by atoms with E-state index >= 15 is 0 Å². The van der Waals surface area contributed by atoms with Gasteiger partial charge >= 0.3 is 5.97 Å². The lowest BCUT2D eigenvalue weighted by atomic mass is 10.1. The van der Waals surface area contributed by atoms with Crippen molar-refractivity contribution in [2.45, 2.75) is 0 Å². The summed E-state index contributed by atoms with van der Waals surface area (Å²) >= 11 is 5.88. The zero-order chi connectivity index (χ0) is 14.5. The first-order valence-electron chi connectivity index (χ1n) is 5.82. The molecule has 0 aliphatic heterocycles. The van der Waals surface area contributed by atoms with Crippen molar-refractivity contribution in [3.8, 4) is 5.75 Å². The first-order valence-corrected chi connectivity index (χ1v) is 6.20. The highest BCUT2D eigenvalue weighted by Gasteiger charge is 2.15. The lowest BCUT2D eigenvalue weighted by Gasteiger charge is -2.06. The van der Waals surface area contributed by atoms with Gasteiger partial charge in [0.15, 0.2) is 6.61 Å². The Morgan fingerprint density at radius 3 is 2.25 bits per heavy atom. The maximum atomic E-state index is 11.9. The van der Waals surface area contributed by atoms with Crippen molar-refractivity contribution < 1.29 is 19.4 Å². The fraction of sp³-hybridized carbons (Fsp3) is 0.0667. The number of carbonyl (C=O) groups is 2. The fourth-order valence-electron chi connectivity index (χ4n) is 1.62. The Bertz CT molecular complexity index is 594. The van der Waals surface area contributed by atoms with Crippen molar-refractivity contribution in [2.75, 3.05) is 6.61 Å². The SMILES string of the molecule is O=C(OCC(=O)c1ccccc1Cl)c1ccccc1O. The molecule has 102 valence electrons. The number of Topliss-reactive ketones (excluding diaryl/α,β-unsaturated/α-hetero) is 1. The summed E-state index contributed by atoms with van der Waals surface area (Å²) in [7, 11) is 0. The average molecular weight is 291 g/mol. The molecular weight excluding hydrogens is 280 g/mol. The molecule has 0 aliphatic carbocycles. The number of esters is 1. The normalized spacial score (nSPS) is 10.1. The molecule has 0 saturated heterocycles. The predicted molar refractivity (Wildman–Crippen MR) is 74.2 cm³/mol. The summed E-state index contributed by atoms with van der Waals surface area (Å²) in [5, 5.41) is 9.80. The minimum absolute atomic E-state index is 0.0134. The molecule has 0 unspecified atom stereocenters. The first kappa shape index (κ1) is 14.1. The van der Waals surface area contributed by atoms with E-state index in [4.69, 9.17) is 16.3 Å². The molecule has 0 radical (unpaired) electrons. The van der Waals surface area contributed by atoms with Crippen LogP contribution in [0, 0.1) is 0 Å². The highest BCUT2D eigenvalue weighted by atomic mass is 35.5. The van der Waals surface area contributed by atoms with Gasteiger partial charge in [-0.2, -0.15) is 0 Å². The molecule has 1 N–H and O–H groups in total. The van der Waals surface area contributed by atoms with Crippen LogP contribution in [0.1, 0.15) is 20.7 Å². The van der Waals surface area contributed by atoms with Crippen LogP contribution in [0.5, 0.6) is 5.75 Å². The quantitative estimate of drug-likeness (QED) is 0.694. The van der Waals surface area contributed by atoms with Gasteiger partial charge < -0.3 is 9.84 Å². The molecule has 0 spiro atoms.